The third-order valence-electron chi connectivity index (χ3n) is 4.05. The number of ether oxygens (including phenoxy) is 1. The number of aryl methyl sites for hydroxylation is 1. The summed E-state index contributed by atoms with van der Waals surface area (Å²) in [4.78, 5) is 18.6. The Kier molecular flexibility index (Phi) is 4.66. The molecule has 2 aromatic heterocycles. The van der Waals surface area contributed by atoms with Gasteiger partial charge in [0.1, 0.15) is 5.69 Å². The average molecular weight is 315 g/mol. The van der Waals surface area contributed by atoms with Crippen molar-refractivity contribution < 1.29 is 9.53 Å². The van der Waals surface area contributed by atoms with E-state index in [2.05, 4.69) is 15.3 Å². The molecule has 1 unspecified atom stereocenters. The topological polar surface area (TPSA) is 73.1 Å². The van der Waals surface area contributed by atoms with Crippen molar-refractivity contribution >= 4 is 5.91 Å². The van der Waals surface area contributed by atoms with E-state index in [1.54, 1.807) is 10.9 Å². The van der Waals surface area contributed by atoms with Crippen LogP contribution in [0.25, 0.3) is 0 Å². The molecular formula is C16H21N5O2. The Hall–Kier alpha value is -2.28. The Balaban J connectivity index is 1.75. The van der Waals surface area contributed by atoms with E-state index in [1.165, 1.54) is 0 Å². The quantitative estimate of drug-likeness (QED) is 0.820. The third kappa shape index (κ3) is 3.39. The summed E-state index contributed by atoms with van der Waals surface area (Å²) < 4.78 is 7.37. The van der Waals surface area contributed by atoms with Crippen LogP contribution in [0.4, 0.5) is 0 Å². The van der Waals surface area contributed by atoms with Crippen LogP contribution in [0.15, 0.2) is 24.4 Å². The molecule has 0 N–H and O–H groups in total. The van der Waals surface area contributed by atoms with Crippen molar-refractivity contribution in [2.45, 2.75) is 25.8 Å². The first-order chi connectivity index (χ1) is 11.2. The van der Waals surface area contributed by atoms with E-state index in [4.69, 9.17) is 4.74 Å². The highest BCUT2D eigenvalue weighted by molar-refractivity contribution is 5.78. The first kappa shape index (κ1) is 15.6. The second-order valence-electron chi connectivity index (χ2n) is 5.67. The maximum atomic E-state index is 12.6. The van der Waals surface area contributed by atoms with Crippen LogP contribution < -0.4 is 0 Å². The number of nitrogens with zero attached hydrogens (tertiary/aromatic N) is 5. The van der Waals surface area contributed by atoms with Crippen LogP contribution in [0.2, 0.25) is 0 Å². The predicted octanol–water partition coefficient (Wildman–Crippen LogP) is 0.915. The van der Waals surface area contributed by atoms with Crippen molar-refractivity contribution in [2.75, 3.05) is 19.8 Å². The van der Waals surface area contributed by atoms with E-state index in [0.29, 0.717) is 32.7 Å². The van der Waals surface area contributed by atoms with Crippen molar-refractivity contribution in [3.05, 3.63) is 41.5 Å². The number of hydrogen-bond donors (Lipinski definition) is 0. The van der Waals surface area contributed by atoms with Crippen LogP contribution in [0, 0.1) is 0 Å². The fourth-order valence-corrected chi connectivity index (χ4v) is 2.97. The lowest BCUT2D eigenvalue weighted by atomic mass is 9.98. The maximum Gasteiger partial charge on any atom is 0.228 e. The lowest BCUT2D eigenvalue weighted by Gasteiger charge is -2.32. The molecule has 3 heterocycles. The summed E-state index contributed by atoms with van der Waals surface area (Å²) in [6.45, 7) is 4.31. The van der Waals surface area contributed by atoms with E-state index in [1.807, 2.05) is 37.1 Å². The Morgan fingerprint density at radius 1 is 1.43 bits per heavy atom. The van der Waals surface area contributed by atoms with E-state index in [0.717, 1.165) is 17.1 Å². The Labute approximate surface area is 135 Å². The molecule has 7 heteroatoms. The van der Waals surface area contributed by atoms with Crippen LogP contribution in [-0.2, 0) is 29.5 Å². The van der Waals surface area contributed by atoms with Gasteiger partial charge in [0.25, 0.3) is 0 Å². The highest BCUT2D eigenvalue weighted by Gasteiger charge is 2.32. The van der Waals surface area contributed by atoms with Crippen molar-refractivity contribution in [1.29, 1.82) is 0 Å². The van der Waals surface area contributed by atoms with Crippen LogP contribution in [0.3, 0.4) is 0 Å². The van der Waals surface area contributed by atoms with Crippen LogP contribution in [0.1, 0.15) is 29.9 Å². The molecule has 0 fully saturated rings. The van der Waals surface area contributed by atoms with Crippen LogP contribution in [-0.4, -0.2) is 50.5 Å². The number of rotatable bonds is 5. The molecular weight excluding hydrogens is 294 g/mol. The van der Waals surface area contributed by atoms with E-state index < -0.39 is 0 Å². The van der Waals surface area contributed by atoms with Gasteiger partial charge in [0.05, 0.1) is 25.3 Å². The second-order valence-corrected chi connectivity index (χ2v) is 5.67. The fourth-order valence-electron chi connectivity index (χ4n) is 2.97. The Morgan fingerprint density at radius 3 is 3.04 bits per heavy atom. The smallest absolute Gasteiger partial charge is 0.228 e. The second kappa shape index (κ2) is 6.87. The number of hydrogen-bond acceptors (Lipinski definition) is 5. The van der Waals surface area contributed by atoms with Crippen molar-refractivity contribution in [3.63, 3.8) is 0 Å². The molecule has 23 heavy (non-hydrogen) atoms. The first-order valence-corrected chi connectivity index (χ1v) is 7.83. The zero-order valence-corrected chi connectivity index (χ0v) is 13.5. The zero-order chi connectivity index (χ0) is 16.2. The Morgan fingerprint density at radius 2 is 2.30 bits per heavy atom. The van der Waals surface area contributed by atoms with Gasteiger partial charge in [-0.2, -0.15) is 0 Å². The van der Waals surface area contributed by atoms with Crippen molar-refractivity contribution in [1.82, 2.24) is 24.9 Å². The summed E-state index contributed by atoms with van der Waals surface area (Å²) in [7, 11) is 1.89. The van der Waals surface area contributed by atoms with Gasteiger partial charge in [0.15, 0.2) is 0 Å². The highest BCUT2D eigenvalue weighted by Crippen LogP contribution is 2.27. The molecule has 7 nitrogen and oxygen atoms in total. The number of aromatic nitrogens is 4. The van der Waals surface area contributed by atoms with Gasteiger partial charge in [-0.3, -0.25) is 14.5 Å². The number of carbonyl (C=O) groups excluding carboxylic acids is 1. The summed E-state index contributed by atoms with van der Waals surface area (Å²) in [5.41, 5.74) is 2.71. The molecule has 0 spiro atoms. The average Bonchev–Trinajstić information content (AvgIpc) is 2.95. The number of fused-ring (bicyclic) bond motifs is 1. The van der Waals surface area contributed by atoms with Gasteiger partial charge in [0, 0.05) is 38.0 Å². The molecule has 0 saturated carbocycles. The predicted molar refractivity (Wildman–Crippen MR) is 83.6 cm³/mol. The normalized spacial score (nSPS) is 17.1. The van der Waals surface area contributed by atoms with E-state index >= 15 is 0 Å². The van der Waals surface area contributed by atoms with Gasteiger partial charge < -0.3 is 9.64 Å². The molecule has 122 valence electrons. The molecule has 0 aliphatic carbocycles. The number of carbonyl (C=O) groups is 1. The van der Waals surface area contributed by atoms with Crippen molar-refractivity contribution in [2.24, 2.45) is 7.05 Å². The molecule has 0 saturated heterocycles. The van der Waals surface area contributed by atoms with Gasteiger partial charge >= 0.3 is 0 Å². The number of pyridine rings is 1. The molecule has 1 aliphatic rings. The van der Waals surface area contributed by atoms with Gasteiger partial charge in [0.2, 0.25) is 5.91 Å². The number of amides is 1. The summed E-state index contributed by atoms with van der Waals surface area (Å²) in [5, 5.41) is 8.30. The zero-order valence-electron chi connectivity index (χ0n) is 13.5. The van der Waals surface area contributed by atoms with Gasteiger partial charge in [-0.15, -0.1) is 5.10 Å². The standard InChI is InChI=1S/C16H21N5O2/c1-3-23-11-12-9-21(10-14-16(12)20(2)19-18-14)15(22)8-13-6-4-5-7-17-13/h4-7,12H,3,8-11H2,1-2H3. The molecule has 3 rings (SSSR count). The SMILES string of the molecule is CCOCC1CN(C(=O)Cc2ccccn2)Cc2nnn(C)c21. The first-order valence-electron chi connectivity index (χ1n) is 7.83. The molecule has 2 aromatic rings. The summed E-state index contributed by atoms with van der Waals surface area (Å²) in [6, 6.07) is 5.61. The third-order valence-corrected chi connectivity index (χ3v) is 4.05. The minimum atomic E-state index is 0.0569. The highest BCUT2D eigenvalue weighted by atomic mass is 16.5. The molecule has 0 radical (unpaired) electrons. The molecule has 0 bridgehead atoms. The van der Waals surface area contributed by atoms with Crippen LogP contribution in [0.5, 0.6) is 0 Å². The minimum Gasteiger partial charge on any atom is -0.381 e. The van der Waals surface area contributed by atoms with Gasteiger partial charge in [-0.25, -0.2) is 0 Å². The summed E-state index contributed by atoms with van der Waals surface area (Å²) in [5.74, 6) is 0.160. The van der Waals surface area contributed by atoms with Gasteiger partial charge in [-0.05, 0) is 19.1 Å². The Bertz CT molecular complexity index is 670. The lowest BCUT2D eigenvalue weighted by Crippen LogP contribution is -2.41. The largest absolute Gasteiger partial charge is 0.381 e. The maximum absolute atomic E-state index is 12.6. The monoisotopic (exact) mass is 315 g/mol. The fraction of sp³-hybridized carbons (Fsp3) is 0.500. The summed E-state index contributed by atoms with van der Waals surface area (Å²) in [6.07, 6.45) is 2.01. The minimum absolute atomic E-state index is 0.0569. The molecule has 0 aromatic carbocycles. The van der Waals surface area contributed by atoms with E-state index in [-0.39, 0.29) is 11.8 Å². The van der Waals surface area contributed by atoms with Crippen molar-refractivity contribution in [3.8, 4) is 0 Å². The lowest BCUT2D eigenvalue weighted by molar-refractivity contribution is -0.132. The molecule has 1 amide bonds. The van der Waals surface area contributed by atoms with E-state index in [9.17, 15) is 4.79 Å². The molecule has 1 aliphatic heterocycles. The van der Waals surface area contributed by atoms with Crippen LogP contribution >= 0.6 is 0 Å². The molecule has 1 atom stereocenters. The van der Waals surface area contributed by atoms with Gasteiger partial charge in [-0.1, -0.05) is 11.3 Å². The summed E-state index contributed by atoms with van der Waals surface area (Å²) >= 11 is 0.